The van der Waals surface area contributed by atoms with E-state index in [1.807, 2.05) is 12.1 Å². The van der Waals surface area contributed by atoms with Crippen molar-refractivity contribution in [1.82, 2.24) is 10.2 Å². The lowest BCUT2D eigenvalue weighted by molar-refractivity contribution is -0.225. The third-order valence-electron chi connectivity index (χ3n) is 15.4. The minimum absolute atomic E-state index is 0.000309. The van der Waals surface area contributed by atoms with E-state index in [0.29, 0.717) is 47.6 Å². The molecule has 5 aliphatic carbocycles. The number of benzene rings is 1. The summed E-state index contributed by atoms with van der Waals surface area (Å²) in [5.74, 6) is 2.01. The van der Waals surface area contributed by atoms with Crippen LogP contribution in [0.2, 0.25) is 0 Å². The van der Waals surface area contributed by atoms with E-state index in [2.05, 4.69) is 78.5 Å². The highest BCUT2D eigenvalue weighted by Gasteiger charge is 2.71. The highest BCUT2D eigenvalue weighted by molar-refractivity contribution is 5.88. The number of likely N-dealkylation sites (N-methyl/N-ethyl adjacent to an activating group) is 1. The third kappa shape index (κ3) is 4.71. The van der Waals surface area contributed by atoms with Gasteiger partial charge in [0.1, 0.15) is 0 Å². The summed E-state index contributed by atoms with van der Waals surface area (Å²) in [4.78, 5) is 27.9. The molecule has 4 saturated carbocycles. The van der Waals surface area contributed by atoms with Gasteiger partial charge in [-0.2, -0.15) is 0 Å². The predicted molar refractivity (Wildman–Crippen MR) is 187 cm³/mol. The zero-order chi connectivity index (χ0) is 33.4. The Labute approximate surface area is 278 Å². The molecule has 1 amide bonds. The second kappa shape index (κ2) is 11.3. The van der Waals surface area contributed by atoms with E-state index in [1.165, 1.54) is 42.4 Å². The number of carbonyl (C=O) groups excluding carboxylic acids is 1. The minimum atomic E-state index is -0.872. The number of nitrogens with one attached hydrogen (secondary N) is 1. The lowest BCUT2D eigenvalue weighted by Crippen LogP contribution is -2.66. The van der Waals surface area contributed by atoms with Crippen LogP contribution in [0.25, 0.3) is 5.57 Å². The number of rotatable bonds is 7. The van der Waals surface area contributed by atoms with Crippen molar-refractivity contribution >= 4 is 17.4 Å². The van der Waals surface area contributed by atoms with E-state index >= 15 is 0 Å². The van der Waals surface area contributed by atoms with Gasteiger partial charge < -0.3 is 15.3 Å². The van der Waals surface area contributed by atoms with Gasteiger partial charge in [0.15, 0.2) is 0 Å². The van der Waals surface area contributed by atoms with Gasteiger partial charge in [0.25, 0.3) is 0 Å². The van der Waals surface area contributed by atoms with Crippen LogP contribution < -0.4 is 5.32 Å². The summed E-state index contributed by atoms with van der Waals surface area (Å²) in [5, 5.41) is 12.9. The van der Waals surface area contributed by atoms with Crippen LogP contribution in [0.15, 0.2) is 42.5 Å². The standard InChI is InChI=1S/C41H60N2O3/c1-26(2)29-16-21-41(36(46)42-24-25-43(8)9)23-22-39(6)31(34(29)41)14-15-33-38(5)19-17-30(27-10-12-28(13-11-27)35(44)45)37(3,4)32(38)18-20-40(33,39)7/h10-13,17,29,31-34H,1,14-16,18-25H2,2-9H3,(H,42,46)(H,44,45). The Kier molecular flexibility index (Phi) is 8.26. The van der Waals surface area contributed by atoms with Crippen LogP contribution in [-0.2, 0) is 4.79 Å². The van der Waals surface area contributed by atoms with Gasteiger partial charge in [-0.3, -0.25) is 4.79 Å². The Morgan fingerprint density at radius 2 is 1.61 bits per heavy atom. The molecule has 46 heavy (non-hydrogen) atoms. The number of carboxylic acids is 1. The molecule has 4 fully saturated rings. The molecule has 2 N–H and O–H groups in total. The zero-order valence-corrected chi connectivity index (χ0v) is 30.0. The van der Waals surface area contributed by atoms with E-state index < -0.39 is 5.97 Å². The van der Waals surface area contributed by atoms with E-state index in [4.69, 9.17) is 0 Å². The Morgan fingerprint density at radius 3 is 2.24 bits per heavy atom. The fourth-order valence-electron chi connectivity index (χ4n) is 13.0. The van der Waals surface area contributed by atoms with Crippen LogP contribution in [0, 0.1) is 56.7 Å². The van der Waals surface area contributed by atoms with Gasteiger partial charge in [-0.1, -0.05) is 65.0 Å². The average Bonchev–Trinajstić information content (AvgIpc) is 3.38. The summed E-state index contributed by atoms with van der Waals surface area (Å²) in [6.07, 6.45) is 12.8. The van der Waals surface area contributed by atoms with Crippen LogP contribution in [0.5, 0.6) is 0 Å². The largest absolute Gasteiger partial charge is 0.478 e. The van der Waals surface area contributed by atoms with E-state index in [-0.39, 0.29) is 27.1 Å². The molecule has 6 rings (SSSR count). The number of fused-ring (bicyclic) bond motifs is 7. The van der Waals surface area contributed by atoms with Crippen molar-refractivity contribution in [3.63, 3.8) is 0 Å². The lowest BCUT2D eigenvalue weighted by atomic mass is 9.32. The molecule has 5 heteroatoms. The minimum Gasteiger partial charge on any atom is -0.478 e. The number of hydrogen-bond acceptors (Lipinski definition) is 3. The second-order valence-electron chi connectivity index (χ2n) is 17.8. The Bertz CT molecular complexity index is 1430. The Morgan fingerprint density at radius 1 is 0.913 bits per heavy atom. The van der Waals surface area contributed by atoms with Gasteiger partial charge in [-0.05, 0) is 153 Å². The molecule has 252 valence electrons. The maximum Gasteiger partial charge on any atom is 0.335 e. The van der Waals surface area contributed by atoms with E-state index in [0.717, 1.165) is 38.6 Å². The fourth-order valence-corrected chi connectivity index (χ4v) is 13.0. The van der Waals surface area contributed by atoms with Crippen LogP contribution in [0.3, 0.4) is 0 Å². The molecule has 5 aliphatic rings. The molecule has 0 aromatic heterocycles. The molecule has 9 atom stereocenters. The first-order chi connectivity index (χ1) is 21.5. The smallest absolute Gasteiger partial charge is 0.335 e. The molecular formula is C41H60N2O3. The SMILES string of the molecule is C=C(C)C1CCC2(C(=O)NCCN(C)C)CCC3(C)C(CCC4C5(C)CC=C(c6ccc(C(=O)O)cc6)C(C)(C)C5CCC43C)C12. The van der Waals surface area contributed by atoms with Crippen molar-refractivity contribution in [1.29, 1.82) is 0 Å². The van der Waals surface area contributed by atoms with Gasteiger partial charge >= 0.3 is 5.97 Å². The van der Waals surface area contributed by atoms with E-state index in [9.17, 15) is 14.7 Å². The number of amides is 1. The summed E-state index contributed by atoms with van der Waals surface area (Å²) in [5.41, 5.74) is 4.54. The molecule has 0 aliphatic heterocycles. The molecular weight excluding hydrogens is 568 g/mol. The van der Waals surface area contributed by atoms with Crippen LogP contribution in [-0.4, -0.2) is 49.1 Å². The Balaban J connectivity index is 1.33. The van der Waals surface area contributed by atoms with Gasteiger partial charge in [0, 0.05) is 13.1 Å². The topological polar surface area (TPSA) is 69.6 Å². The molecule has 9 unspecified atom stereocenters. The van der Waals surface area contributed by atoms with Crippen molar-refractivity contribution in [2.75, 3.05) is 27.2 Å². The number of carboxylic acid groups (broad SMARTS) is 1. The molecule has 1 aromatic rings. The van der Waals surface area contributed by atoms with Crippen molar-refractivity contribution in [2.24, 2.45) is 56.7 Å². The maximum absolute atomic E-state index is 14.2. The van der Waals surface area contributed by atoms with E-state index in [1.54, 1.807) is 12.1 Å². The quantitative estimate of drug-likeness (QED) is 0.296. The number of hydrogen-bond donors (Lipinski definition) is 2. The predicted octanol–water partition coefficient (Wildman–Crippen LogP) is 8.71. The first-order valence-electron chi connectivity index (χ1n) is 18.2. The maximum atomic E-state index is 14.2. The Hall–Kier alpha value is -2.40. The van der Waals surface area contributed by atoms with Gasteiger partial charge in [-0.15, -0.1) is 0 Å². The molecule has 1 aromatic carbocycles. The van der Waals surface area contributed by atoms with Crippen molar-refractivity contribution in [3.8, 4) is 0 Å². The molecule has 0 heterocycles. The van der Waals surface area contributed by atoms with Crippen LogP contribution >= 0.6 is 0 Å². The highest BCUT2D eigenvalue weighted by atomic mass is 16.4. The molecule has 5 nitrogen and oxygen atoms in total. The molecule has 0 bridgehead atoms. The average molecular weight is 629 g/mol. The summed E-state index contributed by atoms with van der Waals surface area (Å²) >= 11 is 0. The summed E-state index contributed by atoms with van der Waals surface area (Å²) < 4.78 is 0. The van der Waals surface area contributed by atoms with Crippen molar-refractivity contribution in [3.05, 3.63) is 53.6 Å². The van der Waals surface area contributed by atoms with Crippen LogP contribution in [0.1, 0.15) is 115 Å². The molecule has 0 radical (unpaired) electrons. The highest BCUT2D eigenvalue weighted by Crippen LogP contribution is 2.77. The van der Waals surface area contributed by atoms with Gasteiger partial charge in [-0.25, -0.2) is 4.79 Å². The normalized spacial score (nSPS) is 41.0. The number of carbonyl (C=O) groups is 2. The number of aromatic carboxylic acids is 1. The lowest BCUT2D eigenvalue weighted by Gasteiger charge is -2.72. The fraction of sp³-hybridized carbons (Fsp3) is 0.707. The first-order valence-corrected chi connectivity index (χ1v) is 18.2. The second-order valence-corrected chi connectivity index (χ2v) is 17.8. The van der Waals surface area contributed by atoms with Crippen molar-refractivity contribution < 1.29 is 14.7 Å². The first kappa shape index (κ1) is 33.5. The molecule has 0 saturated heterocycles. The van der Waals surface area contributed by atoms with Gasteiger partial charge in [0.2, 0.25) is 5.91 Å². The molecule has 0 spiro atoms. The van der Waals surface area contributed by atoms with Crippen LogP contribution in [0.4, 0.5) is 0 Å². The number of nitrogens with zero attached hydrogens (tertiary/aromatic N) is 1. The third-order valence-corrected chi connectivity index (χ3v) is 15.4. The van der Waals surface area contributed by atoms with Gasteiger partial charge in [0.05, 0.1) is 11.0 Å². The number of allylic oxidation sites excluding steroid dienone is 3. The van der Waals surface area contributed by atoms with Crippen molar-refractivity contribution in [2.45, 2.75) is 99.3 Å². The summed E-state index contributed by atoms with van der Waals surface area (Å²) in [7, 11) is 4.14. The summed E-state index contributed by atoms with van der Waals surface area (Å²) in [6.45, 7) is 21.1. The summed E-state index contributed by atoms with van der Waals surface area (Å²) in [6, 6.07) is 7.55. The zero-order valence-electron chi connectivity index (χ0n) is 30.0. The monoisotopic (exact) mass is 628 g/mol.